The normalized spacial score (nSPS) is 13.8. The summed E-state index contributed by atoms with van der Waals surface area (Å²) in [5, 5.41) is 0. The van der Waals surface area contributed by atoms with Gasteiger partial charge in [0.05, 0.1) is 5.56 Å². The summed E-state index contributed by atoms with van der Waals surface area (Å²) >= 11 is 0. The molecule has 2 aromatic rings. The van der Waals surface area contributed by atoms with Crippen LogP contribution >= 0.6 is 0 Å². The van der Waals surface area contributed by atoms with Gasteiger partial charge in [0, 0.05) is 6.42 Å². The summed E-state index contributed by atoms with van der Waals surface area (Å²) in [6, 6.07) is 6.33. The second-order valence-electron chi connectivity index (χ2n) is 5.55. The second-order valence-corrected chi connectivity index (χ2v) is 5.55. The lowest BCUT2D eigenvalue weighted by Gasteiger charge is -2.17. The maximum absolute atomic E-state index is 5.97. The summed E-state index contributed by atoms with van der Waals surface area (Å²) in [6.07, 6.45) is 5.60. The Morgan fingerprint density at radius 3 is 2.67 bits per heavy atom. The smallest absolute Gasteiger partial charge is 0.227 e. The van der Waals surface area contributed by atoms with E-state index in [1.807, 2.05) is 19.9 Å². The monoisotopic (exact) mass is 283 g/mol. The molecule has 3 rings (SSSR count). The maximum Gasteiger partial charge on any atom is 0.227 e. The molecule has 0 amide bonds. The lowest BCUT2D eigenvalue weighted by molar-refractivity contribution is 0.453. The Bertz CT molecular complexity index is 667. The van der Waals surface area contributed by atoms with E-state index in [9.17, 15) is 0 Å². The number of hydrogen-bond acceptors (Lipinski definition) is 4. The van der Waals surface area contributed by atoms with Gasteiger partial charge in [0.25, 0.3) is 0 Å². The fourth-order valence-corrected chi connectivity index (χ4v) is 2.70. The number of anilines is 1. The zero-order valence-corrected chi connectivity index (χ0v) is 12.6. The minimum Gasteiger partial charge on any atom is -0.439 e. The van der Waals surface area contributed by atoms with Crippen molar-refractivity contribution in [3.8, 4) is 11.6 Å². The molecule has 1 aliphatic carbocycles. The molecule has 0 atom stereocenters. The lowest BCUT2D eigenvalue weighted by Crippen LogP contribution is -2.05. The molecule has 0 unspecified atom stereocenters. The number of nitrogens with zero attached hydrogens (tertiary/aromatic N) is 2. The first kappa shape index (κ1) is 13.9. The Balaban J connectivity index is 1.91. The summed E-state index contributed by atoms with van der Waals surface area (Å²) in [4.78, 5) is 8.70. The minimum absolute atomic E-state index is 0.495. The van der Waals surface area contributed by atoms with Crippen molar-refractivity contribution in [3.05, 3.63) is 40.7 Å². The highest BCUT2D eigenvalue weighted by Gasteiger charge is 2.13. The molecule has 1 heterocycles. The predicted octanol–water partition coefficient (Wildman–Crippen LogP) is 3.60. The highest BCUT2D eigenvalue weighted by atomic mass is 16.5. The molecule has 0 bridgehead atoms. The van der Waals surface area contributed by atoms with Crippen LogP contribution in [-0.4, -0.2) is 9.97 Å². The van der Waals surface area contributed by atoms with Crippen molar-refractivity contribution in [2.24, 2.45) is 0 Å². The van der Waals surface area contributed by atoms with Gasteiger partial charge in [-0.2, -0.15) is 4.98 Å². The van der Waals surface area contributed by atoms with Crippen LogP contribution in [0.15, 0.2) is 18.2 Å². The van der Waals surface area contributed by atoms with E-state index in [1.54, 1.807) is 0 Å². The van der Waals surface area contributed by atoms with Crippen LogP contribution in [0.25, 0.3) is 0 Å². The van der Waals surface area contributed by atoms with Gasteiger partial charge in [-0.25, -0.2) is 4.98 Å². The van der Waals surface area contributed by atoms with Crippen molar-refractivity contribution in [2.75, 3.05) is 5.73 Å². The largest absolute Gasteiger partial charge is 0.439 e. The molecule has 0 saturated heterocycles. The summed E-state index contributed by atoms with van der Waals surface area (Å²) in [7, 11) is 0. The Hall–Kier alpha value is -2.10. The quantitative estimate of drug-likeness (QED) is 0.935. The van der Waals surface area contributed by atoms with Crippen molar-refractivity contribution in [1.82, 2.24) is 9.97 Å². The van der Waals surface area contributed by atoms with Crippen LogP contribution in [0.3, 0.4) is 0 Å². The number of benzene rings is 1. The van der Waals surface area contributed by atoms with Crippen LogP contribution in [-0.2, 0) is 19.3 Å². The van der Waals surface area contributed by atoms with Gasteiger partial charge in [-0.05, 0) is 55.9 Å². The first-order valence-corrected chi connectivity index (χ1v) is 7.60. The van der Waals surface area contributed by atoms with Gasteiger partial charge in [-0.15, -0.1) is 0 Å². The third-order valence-electron chi connectivity index (χ3n) is 4.04. The number of aromatic nitrogens is 2. The Morgan fingerprint density at radius 2 is 1.90 bits per heavy atom. The molecular formula is C17H21N3O. The predicted molar refractivity (Wildman–Crippen MR) is 83.7 cm³/mol. The number of ether oxygens (including phenoxy) is 1. The van der Waals surface area contributed by atoms with E-state index in [0.29, 0.717) is 17.5 Å². The number of rotatable bonds is 3. The average Bonchev–Trinajstić information content (AvgIpc) is 2.51. The van der Waals surface area contributed by atoms with Crippen LogP contribution < -0.4 is 10.5 Å². The van der Waals surface area contributed by atoms with Crippen molar-refractivity contribution >= 4 is 5.82 Å². The number of nitrogen functional groups attached to an aromatic ring is 1. The standard InChI is InChI=1S/C17H21N3O/c1-3-15-19-16(18)11(2)17(20-15)21-14-9-8-12-6-4-5-7-13(12)10-14/h8-10H,3-7H2,1-2H3,(H2,18,19,20). The van der Waals surface area contributed by atoms with Crippen LogP contribution in [0, 0.1) is 6.92 Å². The molecule has 4 nitrogen and oxygen atoms in total. The molecule has 0 fully saturated rings. The maximum atomic E-state index is 5.97. The van der Waals surface area contributed by atoms with E-state index in [0.717, 1.165) is 24.2 Å². The van der Waals surface area contributed by atoms with Gasteiger partial charge in [0.1, 0.15) is 17.4 Å². The molecule has 21 heavy (non-hydrogen) atoms. The number of hydrogen-bond donors (Lipinski definition) is 1. The van der Waals surface area contributed by atoms with E-state index in [1.165, 1.54) is 30.4 Å². The van der Waals surface area contributed by atoms with Gasteiger partial charge < -0.3 is 10.5 Å². The van der Waals surface area contributed by atoms with Gasteiger partial charge in [0.15, 0.2) is 0 Å². The fraction of sp³-hybridized carbons (Fsp3) is 0.412. The van der Waals surface area contributed by atoms with E-state index < -0.39 is 0 Å². The molecule has 1 aromatic heterocycles. The first-order valence-electron chi connectivity index (χ1n) is 7.60. The number of nitrogens with two attached hydrogens (primary N) is 1. The molecule has 110 valence electrons. The molecule has 0 saturated carbocycles. The first-order chi connectivity index (χ1) is 10.2. The topological polar surface area (TPSA) is 61.0 Å². The van der Waals surface area contributed by atoms with Crippen molar-refractivity contribution in [2.45, 2.75) is 46.0 Å². The SMILES string of the molecule is CCc1nc(N)c(C)c(Oc2ccc3c(c2)CCCC3)n1. The third-order valence-corrected chi connectivity index (χ3v) is 4.04. The molecule has 0 aliphatic heterocycles. The summed E-state index contributed by atoms with van der Waals surface area (Å²) in [6.45, 7) is 3.90. The zero-order chi connectivity index (χ0) is 14.8. The summed E-state index contributed by atoms with van der Waals surface area (Å²) < 4.78 is 5.97. The van der Waals surface area contributed by atoms with E-state index in [-0.39, 0.29) is 0 Å². The van der Waals surface area contributed by atoms with Crippen molar-refractivity contribution in [1.29, 1.82) is 0 Å². The summed E-state index contributed by atoms with van der Waals surface area (Å²) in [5.41, 5.74) is 9.57. The minimum atomic E-state index is 0.495. The second kappa shape index (κ2) is 5.72. The Kier molecular flexibility index (Phi) is 3.78. The van der Waals surface area contributed by atoms with E-state index >= 15 is 0 Å². The molecule has 0 radical (unpaired) electrons. The highest BCUT2D eigenvalue weighted by molar-refractivity contribution is 5.47. The van der Waals surface area contributed by atoms with Crippen LogP contribution in [0.5, 0.6) is 11.6 Å². The molecule has 2 N–H and O–H groups in total. The highest BCUT2D eigenvalue weighted by Crippen LogP contribution is 2.30. The summed E-state index contributed by atoms with van der Waals surface area (Å²) in [5.74, 6) is 2.61. The number of aryl methyl sites for hydroxylation is 3. The van der Waals surface area contributed by atoms with Crippen LogP contribution in [0.4, 0.5) is 5.82 Å². The Morgan fingerprint density at radius 1 is 1.14 bits per heavy atom. The molecule has 1 aromatic carbocycles. The van der Waals surface area contributed by atoms with Gasteiger partial charge in [-0.1, -0.05) is 13.0 Å². The van der Waals surface area contributed by atoms with Gasteiger partial charge in [0.2, 0.25) is 5.88 Å². The molecule has 1 aliphatic rings. The molecule has 4 heteroatoms. The molecular weight excluding hydrogens is 262 g/mol. The van der Waals surface area contributed by atoms with E-state index in [2.05, 4.69) is 22.1 Å². The fourth-order valence-electron chi connectivity index (χ4n) is 2.70. The Labute approximate surface area is 125 Å². The van der Waals surface area contributed by atoms with Crippen molar-refractivity contribution < 1.29 is 4.74 Å². The van der Waals surface area contributed by atoms with Crippen LogP contribution in [0.1, 0.15) is 42.3 Å². The van der Waals surface area contributed by atoms with Gasteiger partial charge in [-0.3, -0.25) is 0 Å². The lowest BCUT2D eigenvalue weighted by atomic mass is 9.92. The van der Waals surface area contributed by atoms with Crippen molar-refractivity contribution in [3.63, 3.8) is 0 Å². The van der Waals surface area contributed by atoms with Gasteiger partial charge >= 0.3 is 0 Å². The van der Waals surface area contributed by atoms with Crippen LogP contribution in [0.2, 0.25) is 0 Å². The zero-order valence-electron chi connectivity index (χ0n) is 12.6. The van der Waals surface area contributed by atoms with E-state index in [4.69, 9.17) is 10.5 Å². The molecule has 0 spiro atoms. The third kappa shape index (κ3) is 2.84. The average molecular weight is 283 g/mol. The number of fused-ring (bicyclic) bond motifs is 1.